The zero-order valence-corrected chi connectivity index (χ0v) is 44.0. The molecule has 0 N–H and O–H groups in total. The molecule has 0 aliphatic rings. The van der Waals surface area contributed by atoms with E-state index in [1.807, 2.05) is 0 Å². The minimum Gasteiger partial charge on any atom is -0.462 e. The van der Waals surface area contributed by atoms with Gasteiger partial charge in [0.1, 0.15) is 13.2 Å². The molecule has 0 saturated heterocycles. The van der Waals surface area contributed by atoms with Gasteiger partial charge in [0.05, 0.1) is 0 Å². The Morgan fingerprint density at radius 2 is 0.580 bits per heavy atom. The number of carbonyl (C=O) groups is 3. The summed E-state index contributed by atoms with van der Waals surface area (Å²) in [5.74, 6) is -1.08. The van der Waals surface area contributed by atoms with Crippen molar-refractivity contribution in [2.24, 2.45) is 0 Å². The maximum atomic E-state index is 12.8. The predicted molar refractivity (Wildman–Crippen MR) is 297 cm³/mol. The highest BCUT2D eigenvalue weighted by molar-refractivity contribution is 5.71. The van der Waals surface area contributed by atoms with Gasteiger partial charge in [0.2, 0.25) is 0 Å². The van der Waals surface area contributed by atoms with E-state index in [2.05, 4.69) is 167 Å². The van der Waals surface area contributed by atoms with Crippen molar-refractivity contribution in [2.75, 3.05) is 13.2 Å². The fourth-order valence-electron chi connectivity index (χ4n) is 6.71. The standard InChI is InChI=1S/C63H98O6/c1-4-7-10-13-16-19-22-25-28-31-34-37-40-43-46-49-52-55-61(64)67-58-60(69-63(66)57-54-51-48-45-42-39-36-33-30-27-24-21-18-15-12-9-6-3)59-68-62(65)56-53-50-47-44-41-38-35-32-29-26-23-20-17-14-11-8-5-2/h7,10,16-21,25-30,34-39,43,45-46,48,60H,4-6,8-9,11-15,22-24,31-33,40-42,44,47,49-59H2,1-3H3/b10-7+,19-16+,20-17+,21-18+,28-25+,29-26+,30-27+,37-34+,38-35+,39-36+,46-43+,48-45+/t60-/m0/s1. The highest BCUT2D eigenvalue weighted by Gasteiger charge is 2.19. The van der Waals surface area contributed by atoms with E-state index in [-0.39, 0.29) is 38.0 Å². The van der Waals surface area contributed by atoms with Gasteiger partial charge in [0.25, 0.3) is 0 Å². The van der Waals surface area contributed by atoms with E-state index >= 15 is 0 Å². The number of ether oxygens (including phenoxy) is 3. The van der Waals surface area contributed by atoms with Crippen LogP contribution >= 0.6 is 0 Å². The Balaban J connectivity index is 4.64. The lowest BCUT2D eigenvalue weighted by Gasteiger charge is -2.18. The lowest BCUT2D eigenvalue weighted by molar-refractivity contribution is -0.167. The van der Waals surface area contributed by atoms with E-state index in [1.54, 1.807) is 0 Å². The summed E-state index contributed by atoms with van der Waals surface area (Å²) in [6.07, 6.45) is 79.8. The number of hydrogen-bond donors (Lipinski definition) is 0. The molecule has 0 aliphatic carbocycles. The molecule has 0 amide bonds. The van der Waals surface area contributed by atoms with Gasteiger partial charge in [-0.15, -0.1) is 0 Å². The summed E-state index contributed by atoms with van der Waals surface area (Å²) in [5.41, 5.74) is 0. The van der Waals surface area contributed by atoms with Gasteiger partial charge < -0.3 is 14.2 Å². The average molecular weight is 951 g/mol. The minimum absolute atomic E-state index is 0.135. The van der Waals surface area contributed by atoms with Crippen LogP contribution in [0, 0.1) is 0 Å². The molecular weight excluding hydrogens is 853 g/mol. The van der Waals surface area contributed by atoms with Crippen LogP contribution in [0.5, 0.6) is 0 Å². The Labute approximate surface area is 423 Å². The number of esters is 3. The van der Waals surface area contributed by atoms with E-state index in [1.165, 1.54) is 51.4 Å². The first-order chi connectivity index (χ1) is 34.0. The molecule has 0 unspecified atom stereocenters. The van der Waals surface area contributed by atoms with Crippen LogP contribution in [0.3, 0.4) is 0 Å². The van der Waals surface area contributed by atoms with Crippen LogP contribution in [0.4, 0.5) is 0 Å². The molecule has 1 atom stereocenters. The minimum atomic E-state index is -0.846. The first-order valence-electron chi connectivity index (χ1n) is 27.3. The molecule has 0 aliphatic heterocycles. The Hall–Kier alpha value is -4.71. The fraction of sp³-hybridized carbons (Fsp3) is 0.571. The first-order valence-corrected chi connectivity index (χ1v) is 27.3. The van der Waals surface area contributed by atoms with Gasteiger partial charge in [0.15, 0.2) is 6.10 Å². The zero-order chi connectivity index (χ0) is 50.0. The number of rotatable bonds is 47. The Morgan fingerprint density at radius 3 is 0.928 bits per heavy atom. The maximum Gasteiger partial charge on any atom is 0.306 e. The van der Waals surface area contributed by atoms with Crippen molar-refractivity contribution in [1.82, 2.24) is 0 Å². The molecule has 0 rings (SSSR count). The van der Waals surface area contributed by atoms with Gasteiger partial charge in [-0.1, -0.05) is 205 Å². The normalized spacial score (nSPS) is 13.3. The third-order valence-corrected chi connectivity index (χ3v) is 10.8. The van der Waals surface area contributed by atoms with E-state index < -0.39 is 12.1 Å². The van der Waals surface area contributed by atoms with Crippen molar-refractivity contribution in [3.63, 3.8) is 0 Å². The number of hydrogen-bond acceptors (Lipinski definition) is 6. The molecule has 6 nitrogen and oxygen atoms in total. The van der Waals surface area contributed by atoms with Crippen LogP contribution < -0.4 is 0 Å². The number of allylic oxidation sites excluding steroid dienone is 24. The SMILES string of the molecule is CC/C=C/C/C=C/C/C=C/C/C=C/C/C=C/CCCC(=O)OC[C@@H](COC(=O)CCCCCC/C=C/C/C=C/C/C=C/CCCCC)OC(=O)CCC/C=C/C/C=C/C/C=C/C/C=C/CCCCC. The summed E-state index contributed by atoms with van der Waals surface area (Å²) in [4.78, 5) is 38.1. The predicted octanol–water partition coefficient (Wildman–Crippen LogP) is 18.4. The van der Waals surface area contributed by atoms with Gasteiger partial charge in [0, 0.05) is 19.3 Å². The second-order valence-electron chi connectivity index (χ2n) is 17.4. The molecule has 0 saturated carbocycles. The summed E-state index contributed by atoms with van der Waals surface area (Å²) in [6, 6.07) is 0. The van der Waals surface area contributed by atoms with E-state index in [4.69, 9.17) is 14.2 Å². The zero-order valence-electron chi connectivity index (χ0n) is 44.0. The van der Waals surface area contributed by atoms with Crippen molar-refractivity contribution in [3.05, 3.63) is 146 Å². The molecule has 386 valence electrons. The van der Waals surface area contributed by atoms with E-state index in [0.29, 0.717) is 19.3 Å². The molecule has 0 radical (unpaired) electrons. The van der Waals surface area contributed by atoms with Gasteiger partial charge in [-0.25, -0.2) is 0 Å². The molecule has 0 fully saturated rings. The van der Waals surface area contributed by atoms with Crippen LogP contribution in [0.2, 0.25) is 0 Å². The summed E-state index contributed by atoms with van der Waals surface area (Å²) in [5, 5.41) is 0. The first kappa shape index (κ1) is 64.3. The molecule has 69 heavy (non-hydrogen) atoms. The third-order valence-electron chi connectivity index (χ3n) is 10.8. The molecular formula is C63H98O6. The highest BCUT2D eigenvalue weighted by Crippen LogP contribution is 2.11. The molecule has 0 aromatic carbocycles. The van der Waals surface area contributed by atoms with Crippen molar-refractivity contribution in [3.8, 4) is 0 Å². The number of unbranched alkanes of at least 4 members (excludes halogenated alkanes) is 12. The van der Waals surface area contributed by atoms with Crippen molar-refractivity contribution in [1.29, 1.82) is 0 Å². The molecule has 0 aromatic rings. The lowest BCUT2D eigenvalue weighted by atomic mass is 10.1. The van der Waals surface area contributed by atoms with E-state index in [0.717, 1.165) is 109 Å². The smallest absolute Gasteiger partial charge is 0.306 e. The fourth-order valence-corrected chi connectivity index (χ4v) is 6.71. The monoisotopic (exact) mass is 951 g/mol. The van der Waals surface area contributed by atoms with Gasteiger partial charge in [-0.3, -0.25) is 14.4 Å². The summed E-state index contributed by atoms with van der Waals surface area (Å²) < 4.78 is 16.7. The average Bonchev–Trinajstić information content (AvgIpc) is 3.35. The van der Waals surface area contributed by atoms with Crippen LogP contribution in [-0.4, -0.2) is 37.2 Å². The van der Waals surface area contributed by atoms with Crippen molar-refractivity contribution >= 4 is 17.9 Å². The van der Waals surface area contributed by atoms with Crippen molar-refractivity contribution < 1.29 is 28.6 Å². The van der Waals surface area contributed by atoms with Crippen molar-refractivity contribution in [2.45, 2.75) is 219 Å². The third kappa shape index (κ3) is 54.1. The highest BCUT2D eigenvalue weighted by atomic mass is 16.6. The molecule has 6 heteroatoms. The second kappa shape index (κ2) is 55.9. The van der Waals surface area contributed by atoms with Gasteiger partial charge >= 0.3 is 17.9 Å². The van der Waals surface area contributed by atoms with Crippen LogP contribution in [-0.2, 0) is 28.6 Å². The second-order valence-corrected chi connectivity index (χ2v) is 17.4. The Bertz CT molecular complexity index is 1560. The topological polar surface area (TPSA) is 78.9 Å². The van der Waals surface area contributed by atoms with Crippen LogP contribution in [0.1, 0.15) is 213 Å². The summed E-state index contributed by atoms with van der Waals surface area (Å²) in [6.45, 7) is 6.33. The summed E-state index contributed by atoms with van der Waals surface area (Å²) in [7, 11) is 0. The molecule has 0 heterocycles. The quantitative estimate of drug-likeness (QED) is 0.0262. The molecule has 0 aromatic heterocycles. The van der Waals surface area contributed by atoms with E-state index in [9.17, 15) is 14.4 Å². The number of carbonyl (C=O) groups excluding carboxylic acids is 3. The maximum absolute atomic E-state index is 12.8. The lowest BCUT2D eigenvalue weighted by Crippen LogP contribution is -2.30. The van der Waals surface area contributed by atoms with Crippen LogP contribution in [0.25, 0.3) is 0 Å². The molecule has 0 spiro atoms. The Kier molecular flexibility index (Phi) is 52.1. The molecule has 0 bridgehead atoms. The van der Waals surface area contributed by atoms with Gasteiger partial charge in [-0.2, -0.15) is 0 Å². The van der Waals surface area contributed by atoms with Crippen LogP contribution in [0.15, 0.2) is 146 Å². The van der Waals surface area contributed by atoms with Gasteiger partial charge in [-0.05, 0) is 135 Å². The largest absolute Gasteiger partial charge is 0.462 e. The summed E-state index contributed by atoms with van der Waals surface area (Å²) >= 11 is 0. The Morgan fingerprint density at radius 1 is 0.304 bits per heavy atom.